The molecule has 0 amide bonds. The predicted octanol–water partition coefficient (Wildman–Crippen LogP) is 4.10. The summed E-state index contributed by atoms with van der Waals surface area (Å²) in [6, 6.07) is 11.0. The Labute approximate surface area is 192 Å². The highest BCUT2D eigenvalue weighted by Gasteiger charge is 2.24. The van der Waals surface area contributed by atoms with E-state index in [1.165, 1.54) is 25.1 Å². The third-order valence-electron chi connectivity index (χ3n) is 4.80. The molecule has 0 aliphatic carbocycles. The zero-order valence-corrected chi connectivity index (χ0v) is 19.0. The number of non-ortho nitro benzene ring substituents is 1. The molecule has 0 aliphatic heterocycles. The van der Waals surface area contributed by atoms with E-state index in [4.69, 9.17) is 8.60 Å². The molecular weight excluding hydrogens is 491 g/mol. The number of nitro benzene ring substituents is 1. The summed E-state index contributed by atoms with van der Waals surface area (Å²) in [5, 5.41) is 11.3. The number of hydrogen-bond donors (Lipinski definition) is 0. The minimum Gasteiger partial charge on any atom is -0.436 e. The maximum atomic E-state index is 13.2. The molecule has 0 atom stereocenters. The van der Waals surface area contributed by atoms with E-state index in [1.807, 2.05) is 0 Å². The minimum absolute atomic E-state index is 0.0109. The lowest BCUT2D eigenvalue weighted by molar-refractivity contribution is -0.384. The number of hydrogen-bond acceptors (Lipinski definition) is 9. The molecule has 1 heterocycles. The molecule has 0 bridgehead atoms. The fraction of sp³-hybridized carbons (Fsp3) is 0.0952. The molecule has 0 fully saturated rings. The van der Waals surface area contributed by atoms with Gasteiger partial charge >= 0.3 is 10.1 Å². The van der Waals surface area contributed by atoms with Gasteiger partial charge in [-0.25, -0.2) is 17.8 Å². The second kappa shape index (κ2) is 8.50. The highest BCUT2D eigenvalue weighted by Crippen LogP contribution is 2.36. The number of sulfone groups is 1. The summed E-state index contributed by atoms with van der Waals surface area (Å²) in [5.74, 6) is -1.34. The van der Waals surface area contributed by atoms with Crippen molar-refractivity contribution in [3.8, 4) is 17.2 Å². The molecule has 176 valence electrons. The van der Waals surface area contributed by atoms with E-state index in [2.05, 4.69) is 4.98 Å². The molecule has 1 aromatic heterocycles. The Morgan fingerprint density at radius 2 is 1.68 bits per heavy atom. The van der Waals surface area contributed by atoms with Crippen LogP contribution in [-0.4, -0.2) is 32.5 Å². The van der Waals surface area contributed by atoms with Crippen molar-refractivity contribution in [1.82, 2.24) is 4.98 Å². The summed E-state index contributed by atoms with van der Waals surface area (Å²) < 4.78 is 73.6. The van der Waals surface area contributed by atoms with Gasteiger partial charge in [0.2, 0.25) is 5.89 Å². The average molecular weight is 506 g/mol. The predicted molar refractivity (Wildman–Crippen MR) is 118 cm³/mol. The fourth-order valence-electron chi connectivity index (χ4n) is 3.02. The quantitative estimate of drug-likeness (QED) is 0.205. The maximum absolute atomic E-state index is 13.2. The van der Waals surface area contributed by atoms with Crippen molar-refractivity contribution in [3.63, 3.8) is 0 Å². The molecule has 4 rings (SSSR count). The van der Waals surface area contributed by atoms with Crippen molar-refractivity contribution in [2.75, 3.05) is 5.75 Å². The summed E-state index contributed by atoms with van der Waals surface area (Å²) >= 11 is 0. The zero-order chi connectivity index (χ0) is 24.7. The first-order chi connectivity index (χ1) is 16.0. The summed E-state index contributed by atoms with van der Waals surface area (Å²) in [4.78, 5) is 14.4. The Morgan fingerprint density at radius 3 is 2.32 bits per heavy atom. The third kappa shape index (κ3) is 4.47. The van der Waals surface area contributed by atoms with Crippen LogP contribution >= 0.6 is 0 Å². The molecule has 3 aromatic carbocycles. The van der Waals surface area contributed by atoms with Gasteiger partial charge in [0.05, 0.1) is 21.1 Å². The SMILES string of the molecule is CCS(=O)(=O)c1ccc2oc(-c3cc([N+](=O)[O-])ccc3OS(=O)(=O)c3ccc(F)cc3)nc2c1. The van der Waals surface area contributed by atoms with E-state index in [0.29, 0.717) is 0 Å². The highest BCUT2D eigenvalue weighted by molar-refractivity contribution is 7.91. The van der Waals surface area contributed by atoms with E-state index in [-0.39, 0.29) is 43.8 Å². The topological polar surface area (TPSA) is 147 Å². The molecule has 0 N–H and O–H groups in total. The van der Waals surface area contributed by atoms with Crippen LogP contribution in [0.2, 0.25) is 0 Å². The van der Waals surface area contributed by atoms with Gasteiger partial charge in [-0.05, 0) is 48.5 Å². The zero-order valence-electron chi connectivity index (χ0n) is 17.3. The number of benzene rings is 3. The Bertz CT molecular complexity index is 1630. The van der Waals surface area contributed by atoms with Gasteiger partial charge in [-0.1, -0.05) is 6.92 Å². The van der Waals surface area contributed by atoms with Crippen molar-refractivity contribution >= 4 is 36.7 Å². The Balaban J connectivity index is 1.83. The van der Waals surface area contributed by atoms with Crippen molar-refractivity contribution in [2.45, 2.75) is 16.7 Å². The summed E-state index contributed by atoms with van der Waals surface area (Å²) in [6.07, 6.45) is 0. The van der Waals surface area contributed by atoms with E-state index in [0.717, 1.165) is 42.5 Å². The van der Waals surface area contributed by atoms with Crippen LogP contribution in [-0.2, 0) is 20.0 Å². The lowest BCUT2D eigenvalue weighted by Crippen LogP contribution is -2.10. The lowest BCUT2D eigenvalue weighted by atomic mass is 10.2. The monoisotopic (exact) mass is 506 g/mol. The van der Waals surface area contributed by atoms with Gasteiger partial charge in [-0.15, -0.1) is 0 Å². The van der Waals surface area contributed by atoms with Gasteiger partial charge in [0.15, 0.2) is 21.2 Å². The molecule has 0 saturated carbocycles. The number of oxazole rings is 1. The number of nitro groups is 1. The number of nitrogens with zero attached hydrogens (tertiary/aromatic N) is 2. The number of halogens is 1. The molecule has 10 nitrogen and oxygen atoms in total. The van der Waals surface area contributed by atoms with E-state index in [1.54, 1.807) is 0 Å². The van der Waals surface area contributed by atoms with Crippen LogP contribution in [0.4, 0.5) is 10.1 Å². The van der Waals surface area contributed by atoms with Gasteiger partial charge in [0, 0.05) is 12.1 Å². The first-order valence-corrected chi connectivity index (χ1v) is 12.7. The van der Waals surface area contributed by atoms with Gasteiger partial charge in [0.1, 0.15) is 16.2 Å². The summed E-state index contributed by atoms with van der Waals surface area (Å²) in [5.41, 5.74) is -0.235. The maximum Gasteiger partial charge on any atom is 0.339 e. The Hall–Kier alpha value is -3.84. The minimum atomic E-state index is -4.44. The molecule has 0 saturated heterocycles. The van der Waals surface area contributed by atoms with Gasteiger partial charge in [-0.2, -0.15) is 8.42 Å². The van der Waals surface area contributed by atoms with E-state index < -0.39 is 36.4 Å². The van der Waals surface area contributed by atoms with Crippen molar-refractivity contribution in [1.29, 1.82) is 0 Å². The van der Waals surface area contributed by atoms with E-state index in [9.17, 15) is 31.3 Å². The van der Waals surface area contributed by atoms with Crippen LogP contribution in [0.15, 0.2) is 74.9 Å². The molecule has 13 heteroatoms. The Kier molecular flexibility index (Phi) is 5.83. The summed E-state index contributed by atoms with van der Waals surface area (Å²) in [7, 11) is -7.97. The average Bonchev–Trinajstić information content (AvgIpc) is 3.22. The lowest BCUT2D eigenvalue weighted by Gasteiger charge is -2.10. The fourth-order valence-corrected chi connectivity index (χ4v) is 4.87. The van der Waals surface area contributed by atoms with Crippen LogP contribution in [0, 0.1) is 15.9 Å². The molecule has 0 radical (unpaired) electrons. The van der Waals surface area contributed by atoms with Gasteiger partial charge < -0.3 is 8.60 Å². The molecule has 0 aliphatic rings. The Morgan fingerprint density at radius 1 is 1.00 bits per heavy atom. The molecular formula is C21H15FN2O8S2. The largest absolute Gasteiger partial charge is 0.436 e. The van der Waals surface area contributed by atoms with Gasteiger partial charge in [-0.3, -0.25) is 10.1 Å². The number of fused-ring (bicyclic) bond motifs is 1. The van der Waals surface area contributed by atoms with Crippen LogP contribution in [0.25, 0.3) is 22.6 Å². The smallest absolute Gasteiger partial charge is 0.339 e. The molecule has 34 heavy (non-hydrogen) atoms. The van der Waals surface area contributed by atoms with Crippen LogP contribution in [0.1, 0.15) is 6.92 Å². The molecule has 0 spiro atoms. The second-order valence-electron chi connectivity index (χ2n) is 6.98. The van der Waals surface area contributed by atoms with Crippen molar-refractivity contribution in [3.05, 3.63) is 76.6 Å². The van der Waals surface area contributed by atoms with Crippen LogP contribution in [0.3, 0.4) is 0 Å². The van der Waals surface area contributed by atoms with Gasteiger partial charge in [0.25, 0.3) is 5.69 Å². The first-order valence-electron chi connectivity index (χ1n) is 9.62. The molecule has 0 unspecified atom stereocenters. The summed E-state index contributed by atoms with van der Waals surface area (Å²) in [6.45, 7) is 1.49. The normalized spacial score (nSPS) is 12.1. The van der Waals surface area contributed by atoms with Crippen LogP contribution < -0.4 is 4.18 Å². The second-order valence-corrected chi connectivity index (χ2v) is 10.8. The third-order valence-corrected chi connectivity index (χ3v) is 7.79. The number of aromatic nitrogens is 1. The highest BCUT2D eigenvalue weighted by atomic mass is 32.2. The van der Waals surface area contributed by atoms with E-state index >= 15 is 0 Å². The van der Waals surface area contributed by atoms with Crippen LogP contribution in [0.5, 0.6) is 5.75 Å². The van der Waals surface area contributed by atoms with Crippen molar-refractivity contribution < 1.29 is 34.7 Å². The van der Waals surface area contributed by atoms with Crippen molar-refractivity contribution in [2.24, 2.45) is 0 Å². The number of rotatable bonds is 7. The molecule has 4 aromatic rings. The first kappa shape index (κ1) is 23.3. The standard InChI is InChI=1S/C21H15FN2O8S2/c1-2-33(27,28)16-8-10-20-18(12-16)23-21(31-20)17-11-14(24(25)26)5-9-19(17)32-34(29,30)15-6-3-13(22)4-7-15/h3-12H,2H2,1H3.